The van der Waals surface area contributed by atoms with Crippen LogP contribution >= 0.6 is 0 Å². The zero-order valence-corrected chi connectivity index (χ0v) is 31.4. The van der Waals surface area contributed by atoms with Gasteiger partial charge in [0.25, 0.3) is 0 Å². The number of amides is 1. The smallest absolute Gasteiger partial charge is 0.407 e. The largest absolute Gasteiger partial charge is 0.465 e. The first-order valence-corrected chi connectivity index (χ1v) is 20.1. The Balaban J connectivity index is 3.65. The molecule has 0 aliphatic carbocycles. The molecular formula is C41H75NO6. The third kappa shape index (κ3) is 35.0. The first-order valence-electron chi connectivity index (χ1n) is 20.1. The number of carboxylic acid groups (broad SMARTS) is 1. The van der Waals surface area contributed by atoms with Gasteiger partial charge in [-0.1, -0.05) is 141 Å². The quantitative estimate of drug-likeness (QED) is 0.0403. The summed E-state index contributed by atoms with van der Waals surface area (Å²) < 4.78 is 10.5. The zero-order valence-electron chi connectivity index (χ0n) is 31.4. The molecule has 48 heavy (non-hydrogen) atoms. The van der Waals surface area contributed by atoms with E-state index >= 15 is 0 Å². The van der Waals surface area contributed by atoms with Crippen molar-refractivity contribution in [3.05, 3.63) is 24.3 Å². The van der Waals surface area contributed by atoms with Crippen molar-refractivity contribution < 1.29 is 29.0 Å². The van der Waals surface area contributed by atoms with E-state index in [1.807, 2.05) is 0 Å². The summed E-state index contributed by atoms with van der Waals surface area (Å²) in [6.07, 6.45) is 40.2. The fraction of sp³-hybridized carbons (Fsp3) is 0.829. The number of hydrogen-bond donors (Lipinski definition) is 1. The molecule has 0 unspecified atom stereocenters. The number of rotatable bonds is 36. The van der Waals surface area contributed by atoms with E-state index in [2.05, 4.69) is 38.2 Å². The minimum atomic E-state index is -1.11. The van der Waals surface area contributed by atoms with Gasteiger partial charge in [-0.05, 0) is 64.2 Å². The third-order valence-electron chi connectivity index (χ3n) is 8.80. The van der Waals surface area contributed by atoms with Crippen LogP contribution in [0.4, 0.5) is 4.79 Å². The van der Waals surface area contributed by atoms with Crippen LogP contribution < -0.4 is 0 Å². The Hall–Kier alpha value is -2.31. The number of carbonyl (C=O) groups excluding carboxylic acids is 2. The van der Waals surface area contributed by atoms with E-state index in [0.29, 0.717) is 12.8 Å². The van der Waals surface area contributed by atoms with Crippen LogP contribution in [0.1, 0.15) is 194 Å². The summed E-state index contributed by atoms with van der Waals surface area (Å²) >= 11 is 0. The molecule has 0 spiro atoms. The maximum atomic E-state index is 12.0. The molecule has 0 aromatic carbocycles. The van der Waals surface area contributed by atoms with Gasteiger partial charge in [-0.15, -0.1) is 0 Å². The molecule has 0 fully saturated rings. The van der Waals surface area contributed by atoms with Gasteiger partial charge in [0, 0.05) is 12.8 Å². The molecule has 0 aliphatic rings. The van der Waals surface area contributed by atoms with Gasteiger partial charge < -0.3 is 19.5 Å². The van der Waals surface area contributed by atoms with E-state index in [1.54, 1.807) is 0 Å². The number of unbranched alkanes of at least 4 members (excludes halogenated alkanes) is 22. The Kier molecular flexibility index (Phi) is 35.7. The van der Waals surface area contributed by atoms with Gasteiger partial charge in [0.15, 0.2) is 0 Å². The highest BCUT2D eigenvalue weighted by Crippen LogP contribution is 2.12. The number of esters is 2. The van der Waals surface area contributed by atoms with Crippen molar-refractivity contribution in [2.75, 3.05) is 26.3 Å². The Morgan fingerprint density at radius 3 is 1.06 bits per heavy atom. The minimum absolute atomic E-state index is 0.0130. The lowest BCUT2D eigenvalue weighted by Crippen LogP contribution is -2.36. The highest BCUT2D eigenvalue weighted by Gasteiger charge is 2.14. The number of allylic oxidation sites excluding steroid dienone is 4. The lowest BCUT2D eigenvalue weighted by molar-refractivity contribution is -0.144. The molecule has 1 amide bonds. The molecule has 1 N–H and O–H groups in total. The second-order valence-corrected chi connectivity index (χ2v) is 13.4. The lowest BCUT2D eigenvalue weighted by atomic mass is 10.1. The van der Waals surface area contributed by atoms with Gasteiger partial charge in [0.2, 0.25) is 0 Å². The molecule has 0 radical (unpaired) electrons. The Morgan fingerprint density at radius 2 is 0.750 bits per heavy atom. The molecule has 280 valence electrons. The second-order valence-electron chi connectivity index (χ2n) is 13.4. The van der Waals surface area contributed by atoms with E-state index in [0.717, 1.165) is 56.3 Å². The van der Waals surface area contributed by atoms with Crippen LogP contribution in [-0.4, -0.2) is 54.3 Å². The van der Waals surface area contributed by atoms with E-state index < -0.39 is 6.09 Å². The molecule has 0 saturated carbocycles. The molecule has 0 bridgehead atoms. The summed E-state index contributed by atoms with van der Waals surface area (Å²) in [7, 11) is 0. The summed E-state index contributed by atoms with van der Waals surface area (Å²) in [5.41, 5.74) is 0. The molecule has 7 nitrogen and oxygen atoms in total. The van der Waals surface area contributed by atoms with Crippen molar-refractivity contribution >= 4 is 18.0 Å². The van der Waals surface area contributed by atoms with Crippen molar-refractivity contribution in [3.8, 4) is 0 Å². The van der Waals surface area contributed by atoms with Crippen LogP contribution in [0.2, 0.25) is 0 Å². The highest BCUT2D eigenvalue weighted by molar-refractivity contribution is 5.70. The van der Waals surface area contributed by atoms with Crippen molar-refractivity contribution in [1.29, 1.82) is 0 Å². The molecule has 7 heteroatoms. The van der Waals surface area contributed by atoms with Crippen molar-refractivity contribution in [2.45, 2.75) is 194 Å². The Bertz CT molecular complexity index is 738. The number of hydrogen-bond acceptors (Lipinski definition) is 5. The first kappa shape index (κ1) is 45.7. The Labute approximate surface area is 295 Å². The predicted octanol–water partition coefficient (Wildman–Crippen LogP) is 12.1. The van der Waals surface area contributed by atoms with Gasteiger partial charge in [-0.2, -0.15) is 0 Å². The van der Waals surface area contributed by atoms with Gasteiger partial charge in [-0.25, -0.2) is 4.79 Å². The summed E-state index contributed by atoms with van der Waals surface area (Å²) in [6.45, 7) is 4.67. The van der Waals surface area contributed by atoms with Crippen molar-refractivity contribution in [2.24, 2.45) is 0 Å². The van der Waals surface area contributed by atoms with Crippen LogP contribution in [0.25, 0.3) is 0 Å². The number of nitrogens with zero attached hydrogens (tertiary/aromatic N) is 1. The van der Waals surface area contributed by atoms with Crippen LogP contribution in [0, 0.1) is 0 Å². The standard InChI is InChI=1S/C41H75NO6/c1-3-5-7-9-11-13-15-17-19-21-23-25-27-29-31-33-39(43)47-37-35-42(41(45)46)36-38-48-40(44)34-32-30-28-26-24-22-20-18-16-14-12-10-8-6-4-2/h17-20H,3-16,21-38H2,1-2H3,(H,45,46)/b19-17-,20-18-. The minimum Gasteiger partial charge on any atom is -0.465 e. The molecule has 0 aromatic rings. The van der Waals surface area contributed by atoms with Crippen LogP contribution in [0.15, 0.2) is 24.3 Å². The van der Waals surface area contributed by atoms with Crippen LogP contribution in [0.5, 0.6) is 0 Å². The maximum Gasteiger partial charge on any atom is 0.407 e. The normalized spacial score (nSPS) is 11.5. The van der Waals surface area contributed by atoms with E-state index in [4.69, 9.17) is 9.47 Å². The number of carbonyl (C=O) groups is 3. The summed E-state index contributed by atoms with van der Waals surface area (Å²) in [5, 5.41) is 9.44. The monoisotopic (exact) mass is 678 g/mol. The van der Waals surface area contributed by atoms with E-state index in [1.165, 1.54) is 116 Å². The Morgan fingerprint density at radius 1 is 0.458 bits per heavy atom. The van der Waals surface area contributed by atoms with E-state index in [-0.39, 0.29) is 38.2 Å². The average Bonchev–Trinajstić information content (AvgIpc) is 3.07. The average molecular weight is 678 g/mol. The first-order chi connectivity index (χ1) is 23.5. The summed E-state index contributed by atoms with van der Waals surface area (Å²) in [6, 6.07) is 0. The molecule has 0 heterocycles. The van der Waals surface area contributed by atoms with Crippen LogP contribution in [0.3, 0.4) is 0 Å². The second kappa shape index (κ2) is 37.5. The van der Waals surface area contributed by atoms with Crippen LogP contribution in [-0.2, 0) is 19.1 Å². The molecule has 0 aromatic heterocycles. The molecule has 0 saturated heterocycles. The lowest BCUT2D eigenvalue weighted by Gasteiger charge is -2.19. The fourth-order valence-electron chi connectivity index (χ4n) is 5.67. The predicted molar refractivity (Wildman–Crippen MR) is 200 cm³/mol. The summed E-state index contributed by atoms with van der Waals surface area (Å²) in [5.74, 6) is -0.575. The molecule has 0 rings (SSSR count). The topological polar surface area (TPSA) is 93.1 Å². The van der Waals surface area contributed by atoms with Gasteiger partial charge in [-0.3, -0.25) is 9.59 Å². The van der Waals surface area contributed by atoms with Crippen molar-refractivity contribution in [1.82, 2.24) is 4.90 Å². The van der Waals surface area contributed by atoms with Gasteiger partial charge >= 0.3 is 18.0 Å². The fourth-order valence-corrected chi connectivity index (χ4v) is 5.67. The van der Waals surface area contributed by atoms with Gasteiger partial charge in [0.05, 0.1) is 13.1 Å². The van der Waals surface area contributed by atoms with E-state index in [9.17, 15) is 19.5 Å². The summed E-state index contributed by atoms with van der Waals surface area (Å²) in [4.78, 5) is 36.8. The highest BCUT2D eigenvalue weighted by atomic mass is 16.5. The SMILES string of the molecule is CCCCCCCC/C=C\CCCCCCCC(=O)OCCN(CCOC(=O)CCCCCCC/C=C\CCCCCCCC)C(=O)O. The maximum absolute atomic E-state index is 12.0. The van der Waals surface area contributed by atoms with Gasteiger partial charge in [0.1, 0.15) is 13.2 Å². The molecular weight excluding hydrogens is 602 g/mol. The molecule has 0 aliphatic heterocycles. The number of ether oxygens (including phenoxy) is 2. The van der Waals surface area contributed by atoms with Crippen molar-refractivity contribution in [3.63, 3.8) is 0 Å². The molecule has 0 atom stereocenters. The zero-order chi connectivity index (χ0) is 35.2. The third-order valence-corrected chi connectivity index (χ3v) is 8.80.